The molecule has 0 saturated heterocycles. The quantitative estimate of drug-likeness (QED) is 0.575. The van der Waals surface area contributed by atoms with Gasteiger partial charge in [-0.05, 0) is 28.7 Å². The van der Waals surface area contributed by atoms with Gasteiger partial charge in [-0.25, -0.2) is 0 Å². The van der Waals surface area contributed by atoms with Gasteiger partial charge in [-0.1, -0.05) is 12.1 Å². The molecule has 0 heterocycles. The van der Waals surface area contributed by atoms with Crippen molar-refractivity contribution in [1.29, 1.82) is 0 Å². The van der Waals surface area contributed by atoms with Crippen LogP contribution in [0.4, 0.5) is 13.2 Å². The maximum atomic E-state index is 12.3. The molecule has 0 saturated carbocycles. The lowest BCUT2D eigenvalue weighted by molar-refractivity contribution is -0.138. The van der Waals surface area contributed by atoms with Crippen LogP contribution < -0.4 is 0 Å². The predicted octanol–water partition coefficient (Wildman–Crippen LogP) is 3.12. The van der Waals surface area contributed by atoms with Crippen LogP contribution in [0.3, 0.4) is 0 Å². The maximum absolute atomic E-state index is 12.3. The third-order valence-corrected chi connectivity index (χ3v) is 2.36. The number of aldehydes is 1. The second kappa shape index (κ2) is 3.65. The minimum atomic E-state index is -4.46. The van der Waals surface area contributed by atoms with Crippen molar-refractivity contribution in [2.24, 2.45) is 0 Å². The number of halogens is 4. The van der Waals surface area contributed by atoms with Crippen molar-refractivity contribution in [3.8, 4) is 0 Å². The molecule has 13 heavy (non-hydrogen) atoms. The molecule has 1 rings (SSSR count). The Hall–Kier alpha value is -0.590. The van der Waals surface area contributed by atoms with E-state index in [0.717, 1.165) is 6.07 Å². The zero-order valence-corrected chi connectivity index (χ0v) is 8.39. The van der Waals surface area contributed by atoms with E-state index in [0.29, 0.717) is 0 Å². The number of carbonyl (C=O) groups excluding carboxylic acids is 1. The number of benzene rings is 1. The number of hydrogen-bond acceptors (Lipinski definition) is 1. The minimum Gasteiger partial charge on any atom is -0.298 e. The summed E-state index contributed by atoms with van der Waals surface area (Å²) in [6.45, 7) is 0. The zero-order valence-electron chi connectivity index (χ0n) is 6.23. The highest BCUT2D eigenvalue weighted by Gasteiger charge is 2.35. The topological polar surface area (TPSA) is 17.1 Å². The van der Waals surface area contributed by atoms with Gasteiger partial charge in [-0.15, -0.1) is 0 Å². The van der Waals surface area contributed by atoms with Crippen LogP contribution in [0.15, 0.2) is 18.2 Å². The molecule has 1 nitrogen and oxygen atoms in total. The molecular weight excluding hydrogens is 296 g/mol. The second-order valence-corrected chi connectivity index (χ2v) is 3.48. The summed E-state index contributed by atoms with van der Waals surface area (Å²) in [6.07, 6.45) is -4.25. The van der Waals surface area contributed by atoms with E-state index >= 15 is 0 Å². The molecule has 0 aliphatic heterocycles. The highest BCUT2D eigenvalue weighted by Crippen LogP contribution is 2.34. The Labute approximate surface area is 86.1 Å². The fourth-order valence-corrected chi connectivity index (χ4v) is 1.76. The summed E-state index contributed by atoms with van der Waals surface area (Å²) in [5.74, 6) is 0. The molecule has 1 aromatic rings. The van der Waals surface area contributed by atoms with Gasteiger partial charge in [-0.2, -0.15) is 13.2 Å². The normalized spacial score (nSPS) is 11.4. The van der Waals surface area contributed by atoms with Gasteiger partial charge >= 0.3 is 6.18 Å². The Morgan fingerprint density at radius 2 is 1.92 bits per heavy atom. The zero-order chi connectivity index (χ0) is 10.1. The maximum Gasteiger partial charge on any atom is 0.418 e. The largest absolute Gasteiger partial charge is 0.418 e. The minimum absolute atomic E-state index is 0.0368. The van der Waals surface area contributed by atoms with Crippen LogP contribution in [0.1, 0.15) is 15.9 Å². The lowest BCUT2D eigenvalue weighted by Crippen LogP contribution is -2.11. The van der Waals surface area contributed by atoms with Crippen molar-refractivity contribution < 1.29 is 18.0 Å². The second-order valence-electron chi connectivity index (χ2n) is 2.32. The van der Waals surface area contributed by atoms with Gasteiger partial charge < -0.3 is 0 Å². The van der Waals surface area contributed by atoms with Crippen molar-refractivity contribution in [3.05, 3.63) is 32.9 Å². The van der Waals surface area contributed by atoms with Crippen molar-refractivity contribution >= 4 is 28.9 Å². The Kier molecular flexibility index (Phi) is 2.94. The SMILES string of the molecule is O=Cc1cccc(I)c1C(F)(F)F. The lowest BCUT2D eigenvalue weighted by atomic mass is 10.1. The highest BCUT2D eigenvalue weighted by atomic mass is 127. The fraction of sp³-hybridized carbons (Fsp3) is 0.125. The van der Waals surface area contributed by atoms with Crippen LogP contribution in [0, 0.1) is 3.57 Å². The van der Waals surface area contributed by atoms with Gasteiger partial charge in [0.25, 0.3) is 0 Å². The molecule has 0 unspecified atom stereocenters. The first kappa shape index (κ1) is 10.5. The van der Waals surface area contributed by atoms with Crippen molar-refractivity contribution in [2.45, 2.75) is 6.18 Å². The van der Waals surface area contributed by atoms with Crippen LogP contribution in [0.25, 0.3) is 0 Å². The Morgan fingerprint density at radius 1 is 1.31 bits per heavy atom. The van der Waals surface area contributed by atoms with E-state index in [1.807, 2.05) is 0 Å². The van der Waals surface area contributed by atoms with E-state index in [4.69, 9.17) is 0 Å². The van der Waals surface area contributed by atoms with E-state index in [2.05, 4.69) is 0 Å². The average molecular weight is 300 g/mol. The smallest absolute Gasteiger partial charge is 0.298 e. The number of hydrogen-bond donors (Lipinski definition) is 0. The summed E-state index contributed by atoms with van der Waals surface area (Å²) in [7, 11) is 0. The standard InChI is InChI=1S/C8H4F3IO/c9-8(10,11)7-5(4-13)2-1-3-6(7)12/h1-4H. The first-order valence-electron chi connectivity index (χ1n) is 3.27. The first-order chi connectivity index (χ1) is 5.96. The summed E-state index contributed by atoms with van der Waals surface area (Å²) in [4.78, 5) is 10.3. The summed E-state index contributed by atoms with van der Waals surface area (Å²) in [5, 5.41) is 0. The number of rotatable bonds is 1. The van der Waals surface area contributed by atoms with Gasteiger partial charge in [0.2, 0.25) is 0 Å². The van der Waals surface area contributed by atoms with Crippen molar-refractivity contribution in [1.82, 2.24) is 0 Å². The predicted molar refractivity (Wildman–Crippen MR) is 49.5 cm³/mol. The molecule has 0 atom stereocenters. The van der Waals surface area contributed by atoms with E-state index in [-0.39, 0.29) is 15.4 Å². The third-order valence-electron chi connectivity index (χ3n) is 1.46. The number of alkyl halides is 3. The highest BCUT2D eigenvalue weighted by molar-refractivity contribution is 14.1. The van der Waals surface area contributed by atoms with Crippen LogP contribution in [0.5, 0.6) is 0 Å². The van der Waals surface area contributed by atoms with E-state index in [1.54, 1.807) is 22.6 Å². The van der Waals surface area contributed by atoms with E-state index in [9.17, 15) is 18.0 Å². The molecule has 0 aliphatic rings. The summed E-state index contributed by atoms with van der Waals surface area (Å²) < 4.78 is 37.0. The van der Waals surface area contributed by atoms with E-state index < -0.39 is 11.7 Å². The number of carbonyl (C=O) groups is 1. The summed E-state index contributed by atoms with van der Waals surface area (Å²) in [6, 6.07) is 3.88. The Bertz CT molecular complexity index is 333. The van der Waals surface area contributed by atoms with E-state index in [1.165, 1.54) is 12.1 Å². The molecule has 0 aromatic heterocycles. The van der Waals surface area contributed by atoms with Crippen LogP contribution in [-0.4, -0.2) is 6.29 Å². The molecule has 0 N–H and O–H groups in total. The van der Waals surface area contributed by atoms with Crippen LogP contribution in [0.2, 0.25) is 0 Å². The molecule has 0 amide bonds. The Balaban J connectivity index is 3.40. The monoisotopic (exact) mass is 300 g/mol. The molecule has 0 aliphatic carbocycles. The van der Waals surface area contributed by atoms with Gasteiger partial charge in [0.05, 0.1) is 5.56 Å². The Morgan fingerprint density at radius 3 is 2.31 bits per heavy atom. The molecular formula is C8H4F3IO. The van der Waals surface area contributed by atoms with Crippen LogP contribution in [-0.2, 0) is 6.18 Å². The first-order valence-corrected chi connectivity index (χ1v) is 4.35. The van der Waals surface area contributed by atoms with Gasteiger partial charge in [0, 0.05) is 9.13 Å². The summed E-state index contributed by atoms with van der Waals surface area (Å²) in [5.41, 5.74) is -1.18. The lowest BCUT2D eigenvalue weighted by Gasteiger charge is -2.10. The van der Waals surface area contributed by atoms with Crippen molar-refractivity contribution in [2.75, 3.05) is 0 Å². The van der Waals surface area contributed by atoms with Gasteiger partial charge in [0.15, 0.2) is 6.29 Å². The fourth-order valence-electron chi connectivity index (χ4n) is 0.938. The molecule has 0 fully saturated rings. The molecule has 0 spiro atoms. The molecule has 0 bridgehead atoms. The molecule has 0 radical (unpaired) electrons. The van der Waals surface area contributed by atoms with Gasteiger partial charge in [-0.3, -0.25) is 4.79 Å². The van der Waals surface area contributed by atoms with Gasteiger partial charge in [0.1, 0.15) is 0 Å². The third kappa shape index (κ3) is 2.20. The molecule has 5 heteroatoms. The molecule has 1 aromatic carbocycles. The van der Waals surface area contributed by atoms with Crippen LogP contribution >= 0.6 is 22.6 Å². The summed E-state index contributed by atoms with van der Waals surface area (Å²) >= 11 is 1.56. The average Bonchev–Trinajstić information content (AvgIpc) is 2.01. The molecule has 70 valence electrons. The van der Waals surface area contributed by atoms with Crippen molar-refractivity contribution in [3.63, 3.8) is 0 Å².